The van der Waals surface area contributed by atoms with E-state index >= 15 is 0 Å². The summed E-state index contributed by atoms with van der Waals surface area (Å²) in [6, 6.07) is 28.0. The van der Waals surface area contributed by atoms with Crippen LogP contribution in [0.25, 0.3) is 22.4 Å². The van der Waals surface area contributed by atoms with Crippen LogP contribution in [0.1, 0.15) is 16.7 Å². The van der Waals surface area contributed by atoms with Gasteiger partial charge in [0.25, 0.3) is 0 Å². The zero-order chi connectivity index (χ0) is 20.9. The Morgan fingerprint density at radius 2 is 1.77 bits per heavy atom. The van der Waals surface area contributed by atoms with E-state index in [1.54, 1.807) is 18.2 Å². The van der Waals surface area contributed by atoms with E-state index in [0.29, 0.717) is 23.5 Å². The van der Waals surface area contributed by atoms with E-state index in [0.717, 1.165) is 26.4 Å². The Bertz CT molecular complexity index is 1270. The van der Waals surface area contributed by atoms with Gasteiger partial charge in [-0.1, -0.05) is 70.5 Å². The molecule has 0 saturated carbocycles. The van der Waals surface area contributed by atoms with E-state index in [4.69, 9.17) is 4.74 Å². The lowest BCUT2D eigenvalue weighted by molar-refractivity contribution is 0.306. The number of halogens is 2. The molecule has 0 radical (unpaired) electrons. The second-order valence-corrected chi connectivity index (χ2v) is 7.71. The minimum atomic E-state index is -0.377. The molecule has 30 heavy (non-hydrogen) atoms. The van der Waals surface area contributed by atoms with Gasteiger partial charge in [0.2, 0.25) is 0 Å². The van der Waals surface area contributed by atoms with Crippen molar-refractivity contribution in [3.8, 4) is 11.8 Å². The van der Waals surface area contributed by atoms with Gasteiger partial charge in [-0.2, -0.15) is 5.26 Å². The molecule has 146 valence electrons. The predicted octanol–water partition coefficient (Wildman–Crippen LogP) is 7.38. The Morgan fingerprint density at radius 3 is 2.53 bits per heavy atom. The smallest absolute Gasteiger partial charge is 0.127 e. The SMILES string of the molecule is N#C/C(=C/c1c(OCc2ccc(Br)cc2)ccc2ccccc12)c1cccc(F)c1. The highest BCUT2D eigenvalue weighted by atomic mass is 79.9. The van der Waals surface area contributed by atoms with Gasteiger partial charge in [0, 0.05) is 10.0 Å². The van der Waals surface area contributed by atoms with Crippen LogP contribution in [0, 0.1) is 17.1 Å². The zero-order valence-electron chi connectivity index (χ0n) is 16.0. The molecule has 0 amide bonds. The van der Waals surface area contributed by atoms with Crippen LogP contribution in [0.2, 0.25) is 0 Å². The number of allylic oxidation sites excluding steroid dienone is 1. The second kappa shape index (κ2) is 8.94. The zero-order valence-corrected chi connectivity index (χ0v) is 17.6. The number of ether oxygens (including phenoxy) is 1. The van der Waals surface area contributed by atoms with Crippen LogP contribution in [-0.4, -0.2) is 0 Å². The number of benzene rings is 4. The van der Waals surface area contributed by atoms with Crippen LogP contribution in [-0.2, 0) is 6.61 Å². The number of hydrogen-bond donors (Lipinski definition) is 0. The monoisotopic (exact) mass is 457 g/mol. The summed E-state index contributed by atoms with van der Waals surface area (Å²) in [4.78, 5) is 0. The quantitative estimate of drug-likeness (QED) is 0.231. The summed E-state index contributed by atoms with van der Waals surface area (Å²) in [7, 11) is 0. The highest BCUT2D eigenvalue weighted by molar-refractivity contribution is 9.10. The molecule has 0 aromatic heterocycles. The molecule has 0 aliphatic heterocycles. The fourth-order valence-corrected chi connectivity index (χ4v) is 3.54. The molecule has 4 heteroatoms. The summed E-state index contributed by atoms with van der Waals surface area (Å²) in [5, 5.41) is 11.7. The summed E-state index contributed by atoms with van der Waals surface area (Å²) in [5.74, 6) is 0.291. The predicted molar refractivity (Wildman–Crippen MR) is 122 cm³/mol. The third kappa shape index (κ3) is 4.42. The first-order chi connectivity index (χ1) is 14.6. The highest BCUT2D eigenvalue weighted by Gasteiger charge is 2.11. The minimum absolute atomic E-state index is 0.374. The van der Waals surface area contributed by atoms with Crippen molar-refractivity contribution in [3.05, 3.63) is 112 Å². The summed E-state index contributed by atoms with van der Waals surface area (Å²) < 4.78 is 20.8. The normalized spacial score (nSPS) is 11.3. The van der Waals surface area contributed by atoms with Gasteiger partial charge in [-0.05, 0) is 58.3 Å². The van der Waals surface area contributed by atoms with Gasteiger partial charge in [-0.25, -0.2) is 4.39 Å². The van der Waals surface area contributed by atoms with Crippen LogP contribution in [0.4, 0.5) is 4.39 Å². The molecule has 4 aromatic carbocycles. The van der Waals surface area contributed by atoms with Crippen LogP contribution < -0.4 is 4.74 Å². The van der Waals surface area contributed by atoms with Crippen LogP contribution in [0.15, 0.2) is 89.4 Å². The van der Waals surface area contributed by atoms with Crippen molar-refractivity contribution < 1.29 is 9.13 Å². The summed E-state index contributed by atoms with van der Waals surface area (Å²) in [6.07, 6.45) is 1.77. The molecule has 0 unspecified atom stereocenters. The van der Waals surface area contributed by atoms with E-state index in [1.165, 1.54) is 12.1 Å². The number of nitriles is 1. The van der Waals surface area contributed by atoms with E-state index in [9.17, 15) is 9.65 Å². The molecule has 0 aliphatic carbocycles. The molecular formula is C26H17BrFNO. The fraction of sp³-hybridized carbons (Fsp3) is 0.0385. The number of hydrogen-bond acceptors (Lipinski definition) is 2. The van der Waals surface area contributed by atoms with Gasteiger partial charge in [-0.3, -0.25) is 0 Å². The lowest BCUT2D eigenvalue weighted by Crippen LogP contribution is -1.98. The summed E-state index contributed by atoms with van der Waals surface area (Å²) in [5.41, 5.74) is 2.74. The molecular weight excluding hydrogens is 441 g/mol. The Balaban J connectivity index is 1.78. The molecule has 0 fully saturated rings. The molecule has 2 nitrogen and oxygen atoms in total. The largest absolute Gasteiger partial charge is 0.488 e. The maximum Gasteiger partial charge on any atom is 0.127 e. The molecule has 0 atom stereocenters. The molecule has 0 heterocycles. The van der Waals surface area contributed by atoms with E-state index in [1.807, 2.05) is 60.7 Å². The van der Waals surface area contributed by atoms with E-state index < -0.39 is 0 Å². The first-order valence-electron chi connectivity index (χ1n) is 9.41. The van der Waals surface area contributed by atoms with E-state index in [-0.39, 0.29) is 5.82 Å². The molecule has 0 aliphatic rings. The van der Waals surface area contributed by atoms with Gasteiger partial charge >= 0.3 is 0 Å². The van der Waals surface area contributed by atoms with Gasteiger partial charge < -0.3 is 4.74 Å². The van der Waals surface area contributed by atoms with Crippen molar-refractivity contribution in [1.29, 1.82) is 5.26 Å². The van der Waals surface area contributed by atoms with Crippen molar-refractivity contribution in [1.82, 2.24) is 0 Å². The Kier molecular flexibility index (Phi) is 5.92. The summed E-state index contributed by atoms with van der Waals surface area (Å²) in [6.45, 7) is 0.397. The number of rotatable bonds is 5. The Morgan fingerprint density at radius 1 is 0.967 bits per heavy atom. The van der Waals surface area contributed by atoms with Gasteiger partial charge in [0.05, 0.1) is 11.6 Å². The summed E-state index contributed by atoms with van der Waals surface area (Å²) >= 11 is 3.44. The number of nitrogens with zero attached hydrogens (tertiary/aromatic N) is 1. The molecule has 0 spiro atoms. The van der Waals surface area contributed by atoms with Crippen molar-refractivity contribution in [2.24, 2.45) is 0 Å². The third-order valence-corrected chi connectivity index (χ3v) is 5.31. The molecule has 0 N–H and O–H groups in total. The van der Waals surface area contributed by atoms with Crippen LogP contribution in [0.5, 0.6) is 5.75 Å². The average molecular weight is 458 g/mol. The highest BCUT2D eigenvalue weighted by Crippen LogP contribution is 2.32. The van der Waals surface area contributed by atoms with Crippen molar-refractivity contribution in [3.63, 3.8) is 0 Å². The van der Waals surface area contributed by atoms with E-state index in [2.05, 4.69) is 22.0 Å². The van der Waals surface area contributed by atoms with Crippen molar-refractivity contribution >= 4 is 38.4 Å². The van der Waals surface area contributed by atoms with Crippen molar-refractivity contribution in [2.75, 3.05) is 0 Å². The minimum Gasteiger partial charge on any atom is -0.488 e. The van der Waals surface area contributed by atoms with Gasteiger partial charge in [-0.15, -0.1) is 0 Å². The fourth-order valence-electron chi connectivity index (χ4n) is 3.27. The molecule has 0 saturated heterocycles. The van der Waals surface area contributed by atoms with Crippen LogP contribution >= 0.6 is 15.9 Å². The van der Waals surface area contributed by atoms with Gasteiger partial charge in [0.1, 0.15) is 18.2 Å². The lowest BCUT2D eigenvalue weighted by Gasteiger charge is -2.13. The topological polar surface area (TPSA) is 33.0 Å². The first kappa shape index (κ1) is 19.9. The first-order valence-corrected chi connectivity index (χ1v) is 10.2. The molecule has 4 aromatic rings. The Labute approximate surface area is 183 Å². The van der Waals surface area contributed by atoms with Crippen LogP contribution in [0.3, 0.4) is 0 Å². The maximum atomic E-state index is 13.7. The van der Waals surface area contributed by atoms with Gasteiger partial charge in [0.15, 0.2) is 0 Å². The third-order valence-electron chi connectivity index (χ3n) is 4.78. The molecule has 0 bridgehead atoms. The lowest BCUT2D eigenvalue weighted by atomic mass is 9.98. The standard InChI is InChI=1S/C26H17BrFNO/c27-22-11-8-18(9-12-22)17-30-26-13-10-19-4-1-2-7-24(19)25(26)15-21(16-29)20-5-3-6-23(28)14-20/h1-15H,17H2/b21-15-. The maximum absolute atomic E-state index is 13.7. The average Bonchev–Trinajstić information content (AvgIpc) is 2.77. The van der Waals surface area contributed by atoms with Crippen molar-refractivity contribution in [2.45, 2.75) is 6.61 Å². The Hall–Kier alpha value is -3.42. The molecule has 4 rings (SSSR count). The number of fused-ring (bicyclic) bond motifs is 1. The second-order valence-electron chi connectivity index (χ2n) is 6.79.